The fraction of sp³-hybridized carbons (Fsp3) is 0.333. The van der Waals surface area contributed by atoms with Crippen LogP contribution in [0.4, 0.5) is 52.7 Å². The van der Waals surface area contributed by atoms with Crippen molar-refractivity contribution in [1.29, 1.82) is 0 Å². The van der Waals surface area contributed by atoms with Gasteiger partial charge in [0.1, 0.15) is 5.69 Å². The van der Waals surface area contributed by atoms with E-state index in [4.69, 9.17) is 0 Å². The van der Waals surface area contributed by atoms with Gasteiger partial charge in [-0.25, -0.2) is 0 Å². The first-order chi connectivity index (χ1) is 13.4. The van der Waals surface area contributed by atoms with Crippen LogP contribution in [-0.4, -0.2) is 33.7 Å². The maximum Gasteiger partial charge on any atom is 0.460 e. The zero-order valence-electron chi connectivity index (χ0n) is 13.8. The molecule has 166 valence electrons. The van der Waals surface area contributed by atoms with Gasteiger partial charge in [-0.1, -0.05) is 18.2 Å². The van der Waals surface area contributed by atoms with Crippen molar-refractivity contribution in [1.82, 2.24) is 9.78 Å². The van der Waals surface area contributed by atoms with Gasteiger partial charge in [0.25, 0.3) is 5.91 Å². The van der Waals surface area contributed by atoms with Crippen LogP contribution in [-0.2, 0) is 12.1 Å². The van der Waals surface area contributed by atoms with Gasteiger partial charge in [0.05, 0.1) is 0 Å². The summed E-state index contributed by atoms with van der Waals surface area (Å²) >= 11 is 0. The van der Waals surface area contributed by atoms with Gasteiger partial charge in [-0.3, -0.25) is 4.79 Å². The molecule has 15 heteroatoms. The standard InChI is InChI=1S/C15H6F12N2O/c16-11(17,13(21,22)14(23,24)15(25,26)27)8-6-9(12(18,19)20)29(28-8)10(30)7-4-2-1-3-5-7/h1-6H. The van der Waals surface area contributed by atoms with E-state index in [1.165, 1.54) is 6.07 Å². The number of alkyl halides is 12. The highest BCUT2D eigenvalue weighted by atomic mass is 19.4. The van der Waals surface area contributed by atoms with Crippen LogP contribution in [0.15, 0.2) is 36.4 Å². The topological polar surface area (TPSA) is 34.9 Å². The Morgan fingerprint density at radius 3 is 1.70 bits per heavy atom. The number of carbonyl (C=O) groups excluding carboxylic acids is 1. The van der Waals surface area contributed by atoms with Crippen LogP contribution in [0.1, 0.15) is 21.7 Å². The number of hydrogen-bond acceptors (Lipinski definition) is 2. The van der Waals surface area contributed by atoms with Crippen LogP contribution in [0.5, 0.6) is 0 Å². The van der Waals surface area contributed by atoms with Crippen LogP contribution in [0.2, 0.25) is 0 Å². The van der Waals surface area contributed by atoms with Crippen molar-refractivity contribution >= 4 is 5.91 Å². The molecule has 0 saturated heterocycles. The molecule has 0 saturated carbocycles. The molecule has 3 nitrogen and oxygen atoms in total. The zero-order valence-corrected chi connectivity index (χ0v) is 13.8. The number of halogens is 12. The summed E-state index contributed by atoms with van der Waals surface area (Å²) in [6.07, 6.45) is -12.9. The molecule has 0 spiro atoms. The third-order valence-corrected chi connectivity index (χ3v) is 3.68. The van der Waals surface area contributed by atoms with Crippen LogP contribution in [0.3, 0.4) is 0 Å². The molecule has 0 aliphatic rings. The quantitative estimate of drug-likeness (QED) is 0.567. The van der Waals surface area contributed by atoms with E-state index in [0.29, 0.717) is 0 Å². The van der Waals surface area contributed by atoms with Gasteiger partial charge in [-0.05, 0) is 18.2 Å². The van der Waals surface area contributed by atoms with Crippen molar-refractivity contribution in [2.75, 3.05) is 0 Å². The Kier molecular flexibility index (Phi) is 5.42. The number of benzene rings is 1. The van der Waals surface area contributed by atoms with Gasteiger partial charge in [0.15, 0.2) is 5.69 Å². The van der Waals surface area contributed by atoms with Gasteiger partial charge < -0.3 is 0 Å². The van der Waals surface area contributed by atoms with Crippen molar-refractivity contribution in [3.63, 3.8) is 0 Å². The smallest absolute Gasteiger partial charge is 0.267 e. The lowest BCUT2D eigenvalue weighted by atomic mass is 10.0. The lowest BCUT2D eigenvalue weighted by Gasteiger charge is -2.32. The first-order valence-electron chi connectivity index (χ1n) is 7.33. The third-order valence-electron chi connectivity index (χ3n) is 3.68. The van der Waals surface area contributed by atoms with Gasteiger partial charge >= 0.3 is 30.1 Å². The van der Waals surface area contributed by atoms with Gasteiger partial charge in [0.2, 0.25) is 0 Å². The fourth-order valence-electron chi connectivity index (χ4n) is 2.13. The summed E-state index contributed by atoms with van der Waals surface area (Å²) in [4.78, 5) is 12.1. The van der Waals surface area contributed by atoms with E-state index in [0.717, 1.165) is 24.3 Å². The number of aromatic nitrogens is 2. The molecule has 30 heavy (non-hydrogen) atoms. The summed E-state index contributed by atoms with van der Waals surface area (Å²) in [6.45, 7) is 0. The predicted octanol–water partition coefficient (Wildman–Crippen LogP) is 5.52. The average molecular weight is 458 g/mol. The van der Waals surface area contributed by atoms with E-state index < -0.39 is 63.7 Å². The molecule has 1 heterocycles. The molecule has 2 rings (SSSR count). The second-order valence-electron chi connectivity index (χ2n) is 5.72. The molecule has 0 fully saturated rings. The molecule has 0 amide bonds. The minimum atomic E-state index is -7.34. The Balaban J connectivity index is 2.68. The summed E-state index contributed by atoms with van der Waals surface area (Å²) in [7, 11) is 0. The molecule has 0 atom stereocenters. The molecule has 0 N–H and O–H groups in total. The molecular formula is C15H6F12N2O. The Bertz CT molecular complexity index is 927. The number of carbonyl (C=O) groups is 1. The van der Waals surface area contributed by atoms with E-state index >= 15 is 0 Å². The van der Waals surface area contributed by atoms with Gasteiger partial charge in [-0.2, -0.15) is 62.5 Å². The Morgan fingerprint density at radius 2 is 1.27 bits per heavy atom. The summed E-state index contributed by atoms with van der Waals surface area (Å²) in [5.41, 5.74) is -5.81. The molecule has 0 aliphatic heterocycles. The summed E-state index contributed by atoms with van der Waals surface area (Å²) in [6, 6.07) is 4.41. The van der Waals surface area contributed by atoms with Crippen molar-refractivity contribution in [2.45, 2.75) is 30.1 Å². The van der Waals surface area contributed by atoms with Crippen molar-refractivity contribution < 1.29 is 57.5 Å². The summed E-state index contributed by atoms with van der Waals surface area (Å²) in [5.74, 6) is -22.9. The SMILES string of the molecule is O=C(c1ccccc1)n1nc(C(F)(F)C(F)(F)C(F)(F)C(F)(F)F)cc1C(F)(F)F. The molecule has 2 aromatic rings. The second kappa shape index (κ2) is 6.91. The van der Waals surface area contributed by atoms with Crippen LogP contribution in [0, 0.1) is 0 Å². The van der Waals surface area contributed by atoms with Crippen molar-refractivity contribution in [3.05, 3.63) is 53.3 Å². The maximum absolute atomic E-state index is 13.9. The monoisotopic (exact) mass is 458 g/mol. The van der Waals surface area contributed by atoms with Gasteiger partial charge in [-0.15, -0.1) is 0 Å². The number of rotatable bonds is 4. The summed E-state index contributed by atoms with van der Waals surface area (Å²) in [5, 5.41) is 2.30. The highest BCUT2D eigenvalue weighted by Gasteiger charge is 2.82. The van der Waals surface area contributed by atoms with Crippen LogP contribution < -0.4 is 0 Å². The van der Waals surface area contributed by atoms with Crippen LogP contribution >= 0.6 is 0 Å². The lowest BCUT2D eigenvalue weighted by molar-refractivity contribution is -0.400. The number of hydrogen-bond donors (Lipinski definition) is 0. The van der Waals surface area contributed by atoms with Crippen molar-refractivity contribution in [2.24, 2.45) is 0 Å². The fourth-order valence-corrected chi connectivity index (χ4v) is 2.13. The molecule has 1 aromatic heterocycles. The minimum Gasteiger partial charge on any atom is -0.267 e. The van der Waals surface area contributed by atoms with Crippen LogP contribution in [0.25, 0.3) is 0 Å². The first kappa shape index (κ1) is 23.5. The predicted molar refractivity (Wildman–Crippen MR) is 73.2 cm³/mol. The first-order valence-corrected chi connectivity index (χ1v) is 7.33. The zero-order chi connectivity index (χ0) is 23.3. The van der Waals surface area contributed by atoms with E-state index in [2.05, 4.69) is 5.10 Å². The average Bonchev–Trinajstić information content (AvgIpc) is 3.07. The lowest BCUT2D eigenvalue weighted by Crippen LogP contribution is -2.59. The van der Waals surface area contributed by atoms with Crippen molar-refractivity contribution in [3.8, 4) is 0 Å². The Morgan fingerprint density at radius 1 is 0.767 bits per heavy atom. The largest absolute Gasteiger partial charge is 0.460 e. The van der Waals surface area contributed by atoms with E-state index in [1.54, 1.807) is 0 Å². The molecule has 1 aromatic carbocycles. The third kappa shape index (κ3) is 3.60. The highest BCUT2D eigenvalue weighted by molar-refractivity contribution is 5.95. The Labute approximate surface area is 157 Å². The molecular weight excluding hydrogens is 452 g/mol. The molecule has 0 aliphatic carbocycles. The second-order valence-corrected chi connectivity index (χ2v) is 5.72. The normalized spacial score (nSPS) is 14.1. The summed E-state index contributed by atoms with van der Waals surface area (Å²) < 4.78 is 156. The van der Waals surface area contributed by atoms with E-state index in [1.807, 2.05) is 0 Å². The van der Waals surface area contributed by atoms with Gasteiger partial charge in [0, 0.05) is 5.56 Å². The Hall–Kier alpha value is -2.74. The maximum atomic E-state index is 13.9. The molecule has 0 radical (unpaired) electrons. The highest BCUT2D eigenvalue weighted by Crippen LogP contribution is 2.56. The molecule has 0 unspecified atom stereocenters. The van der Waals surface area contributed by atoms with E-state index in [-0.39, 0.29) is 0 Å². The minimum absolute atomic E-state index is 0.603. The van der Waals surface area contributed by atoms with E-state index in [9.17, 15) is 57.5 Å². The number of nitrogens with zero attached hydrogens (tertiary/aromatic N) is 2. The molecule has 0 bridgehead atoms.